The predicted octanol–water partition coefficient (Wildman–Crippen LogP) is 1.20. The fourth-order valence-corrected chi connectivity index (χ4v) is 3.48. The van der Waals surface area contributed by atoms with Crippen LogP contribution in [0.15, 0.2) is 12.4 Å². The van der Waals surface area contributed by atoms with Gasteiger partial charge in [0.05, 0.1) is 19.6 Å². The number of aromatic nitrogens is 2. The van der Waals surface area contributed by atoms with Crippen molar-refractivity contribution in [3.05, 3.63) is 12.4 Å². The van der Waals surface area contributed by atoms with E-state index >= 15 is 0 Å². The number of rotatable bonds is 5. The maximum Gasteiger partial charge on any atom is 0.227 e. The second-order valence-electron chi connectivity index (χ2n) is 6.63. The number of carbonyl (C=O) groups is 1. The summed E-state index contributed by atoms with van der Waals surface area (Å²) in [6, 6.07) is 1.87. The summed E-state index contributed by atoms with van der Waals surface area (Å²) in [4.78, 5) is 24.9. The molecule has 2 saturated heterocycles. The first-order valence-corrected chi connectivity index (χ1v) is 8.61. The lowest BCUT2D eigenvalue weighted by Gasteiger charge is -2.35. The molecule has 1 aromatic rings. The molecule has 0 spiro atoms. The molecule has 3 heterocycles. The quantitative estimate of drug-likeness (QED) is 0.806. The lowest BCUT2D eigenvalue weighted by Crippen LogP contribution is -2.41. The van der Waals surface area contributed by atoms with E-state index in [2.05, 4.69) is 14.9 Å². The summed E-state index contributed by atoms with van der Waals surface area (Å²) >= 11 is 0. The van der Waals surface area contributed by atoms with Crippen molar-refractivity contribution in [1.82, 2.24) is 14.9 Å². The van der Waals surface area contributed by atoms with E-state index in [1.54, 1.807) is 7.11 Å². The number of ether oxygens (including phenoxy) is 2. The van der Waals surface area contributed by atoms with Gasteiger partial charge in [0.15, 0.2) is 0 Å². The van der Waals surface area contributed by atoms with E-state index in [1.807, 2.05) is 18.0 Å². The number of nitrogens with zero attached hydrogens (tertiary/aromatic N) is 4. The van der Waals surface area contributed by atoms with Crippen LogP contribution in [0.5, 0.6) is 5.88 Å². The summed E-state index contributed by atoms with van der Waals surface area (Å²) in [6.07, 6.45) is 4.52. The van der Waals surface area contributed by atoms with Gasteiger partial charge in [-0.2, -0.15) is 0 Å². The summed E-state index contributed by atoms with van der Waals surface area (Å²) in [5.74, 6) is 2.33. The Morgan fingerprint density at radius 3 is 2.83 bits per heavy atom. The Bertz CT molecular complexity index is 555. The molecule has 0 saturated carbocycles. The largest absolute Gasteiger partial charge is 0.481 e. The second-order valence-corrected chi connectivity index (χ2v) is 6.63. The van der Waals surface area contributed by atoms with Crippen LogP contribution in [0.1, 0.15) is 19.3 Å². The van der Waals surface area contributed by atoms with Crippen molar-refractivity contribution in [3.8, 4) is 5.88 Å². The van der Waals surface area contributed by atoms with Crippen LogP contribution >= 0.6 is 0 Å². The van der Waals surface area contributed by atoms with Crippen LogP contribution in [-0.2, 0) is 9.53 Å². The number of hydrogen-bond acceptors (Lipinski definition) is 6. The van der Waals surface area contributed by atoms with Crippen molar-refractivity contribution >= 4 is 11.7 Å². The zero-order valence-electron chi connectivity index (χ0n) is 14.5. The van der Waals surface area contributed by atoms with E-state index in [0.717, 1.165) is 44.7 Å². The van der Waals surface area contributed by atoms with Crippen LogP contribution in [0.3, 0.4) is 0 Å². The van der Waals surface area contributed by atoms with Gasteiger partial charge in [0.2, 0.25) is 11.8 Å². The predicted molar refractivity (Wildman–Crippen MR) is 90.1 cm³/mol. The molecule has 0 radical (unpaired) electrons. The molecule has 1 amide bonds. The van der Waals surface area contributed by atoms with Crippen LogP contribution in [0.25, 0.3) is 0 Å². The molecule has 0 bridgehead atoms. The number of hydrogen-bond donors (Lipinski definition) is 0. The Hall–Kier alpha value is -1.89. The highest BCUT2D eigenvalue weighted by Crippen LogP contribution is 2.24. The average molecular weight is 334 g/mol. The van der Waals surface area contributed by atoms with Crippen molar-refractivity contribution in [1.29, 1.82) is 0 Å². The molecule has 1 unspecified atom stereocenters. The van der Waals surface area contributed by atoms with Crippen LogP contribution in [0.2, 0.25) is 0 Å². The summed E-state index contributed by atoms with van der Waals surface area (Å²) in [7, 11) is 3.53. The van der Waals surface area contributed by atoms with E-state index in [-0.39, 0.29) is 11.8 Å². The van der Waals surface area contributed by atoms with Gasteiger partial charge in [-0.3, -0.25) is 4.79 Å². The van der Waals surface area contributed by atoms with Crippen molar-refractivity contribution < 1.29 is 14.3 Å². The maximum atomic E-state index is 12.4. The van der Waals surface area contributed by atoms with Crippen molar-refractivity contribution in [2.24, 2.45) is 11.8 Å². The fourth-order valence-electron chi connectivity index (χ4n) is 3.48. The number of carbonyl (C=O) groups excluding carboxylic acids is 1. The van der Waals surface area contributed by atoms with Gasteiger partial charge in [-0.05, 0) is 25.2 Å². The van der Waals surface area contributed by atoms with Gasteiger partial charge in [0, 0.05) is 39.4 Å². The Kier molecular flexibility index (Phi) is 5.50. The van der Waals surface area contributed by atoms with Crippen LogP contribution in [0, 0.1) is 11.8 Å². The molecule has 7 nitrogen and oxygen atoms in total. The average Bonchev–Trinajstić information content (AvgIpc) is 3.16. The molecule has 3 rings (SSSR count). The van der Waals surface area contributed by atoms with Crippen molar-refractivity contribution in [2.75, 3.05) is 51.9 Å². The third-order valence-corrected chi connectivity index (χ3v) is 4.96. The number of piperidine rings is 1. The van der Waals surface area contributed by atoms with Gasteiger partial charge in [-0.25, -0.2) is 9.97 Å². The molecule has 0 aromatic carbocycles. The minimum atomic E-state index is 0.0589. The lowest BCUT2D eigenvalue weighted by molar-refractivity contribution is -0.134. The summed E-state index contributed by atoms with van der Waals surface area (Å²) in [6.45, 7) is 4.01. The topological polar surface area (TPSA) is 67.8 Å². The van der Waals surface area contributed by atoms with E-state index in [1.165, 1.54) is 6.33 Å². The Balaban J connectivity index is 1.48. The first kappa shape index (κ1) is 17.0. The molecule has 1 atom stereocenters. The minimum Gasteiger partial charge on any atom is -0.481 e. The van der Waals surface area contributed by atoms with Gasteiger partial charge in [0.1, 0.15) is 12.1 Å². The maximum absolute atomic E-state index is 12.4. The molecule has 2 aliphatic rings. The molecule has 0 N–H and O–H groups in total. The highest BCUT2D eigenvalue weighted by molar-refractivity contribution is 5.78. The lowest BCUT2D eigenvalue weighted by atomic mass is 9.95. The van der Waals surface area contributed by atoms with E-state index < -0.39 is 0 Å². The first-order chi connectivity index (χ1) is 11.7. The summed E-state index contributed by atoms with van der Waals surface area (Å²) in [5.41, 5.74) is 0. The monoisotopic (exact) mass is 334 g/mol. The third kappa shape index (κ3) is 3.95. The third-order valence-electron chi connectivity index (χ3n) is 4.96. The van der Waals surface area contributed by atoms with Crippen LogP contribution < -0.4 is 9.64 Å². The SMILES string of the molecule is COc1cc(N2CCC(CN(C)C(=O)C3CCOC3)CC2)ncn1. The zero-order valence-corrected chi connectivity index (χ0v) is 14.5. The molecule has 0 aliphatic carbocycles. The highest BCUT2D eigenvalue weighted by Gasteiger charge is 2.28. The zero-order chi connectivity index (χ0) is 16.9. The number of methoxy groups -OCH3 is 1. The molecule has 2 fully saturated rings. The Labute approximate surface area is 143 Å². The normalized spacial score (nSPS) is 21.8. The summed E-state index contributed by atoms with van der Waals surface area (Å²) in [5, 5.41) is 0. The molecule has 132 valence electrons. The van der Waals surface area contributed by atoms with Gasteiger partial charge in [-0.15, -0.1) is 0 Å². The van der Waals surface area contributed by atoms with Crippen LogP contribution in [-0.4, -0.2) is 67.8 Å². The summed E-state index contributed by atoms with van der Waals surface area (Å²) < 4.78 is 10.5. The molecular weight excluding hydrogens is 308 g/mol. The smallest absolute Gasteiger partial charge is 0.227 e. The molecular formula is C17H26N4O3. The Morgan fingerprint density at radius 1 is 1.38 bits per heavy atom. The number of amides is 1. The van der Waals surface area contributed by atoms with E-state index in [0.29, 0.717) is 25.0 Å². The molecule has 1 aromatic heterocycles. The van der Waals surface area contributed by atoms with Gasteiger partial charge in [0.25, 0.3) is 0 Å². The first-order valence-electron chi connectivity index (χ1n) is 8.61. The number of anilines is 1. The van der Waals surface area contributed by atoms with Crippen molar-refractivity contribution in [3.63, 3.8) is 0 Å². The minimum absolute atomic E-state index is 0.0589. The molecule has 7 heteroatoms. The van der Waals surface area contributed by atoms with Gasteiger partial charge >= 0.3 is 0 Å². The van der Waals surface area contributed by atoms with E-state index in [9.17, 15) is 4.79 Å². The molecule has 24 heavy (non-hydrogen) atoms. The van der Waals surface area contributed by atoms with Crippen LogP contribution in [0.4, 0.5) is 5.82 Å². The van der Waals surface area contributed by atoms with Gasteiger partial charge in [-0.1, -0.05) is 0 Å². The molecule has 2 aliphatic heterocycles. The fraction of sp³-hybridized carbons (Fsp3) is 0.706. The highest BCUT2D eigenvalue weighted by atomic mass is 16.5. The van der Waals surface area contributed by atoms with Crippen molar-refractivity contribution in [2.45, 2.75) is 19.3 Å². The standard InChI is InChI=1S/C17H26N4O3/c1-20(17(22)14-5-8-24-11-14)10-13-3-6-21(7-4-13)15-9-16(23-2)19-12-18-15/h9,12-14H,3-8,10-11H2,1-2H3. The van der Waals surface area contributed by atoms with Gasteiger partial charge < -0.3 is 19.3 Å². The second kappa shape index (κ2) is 7.79. The Morgan fingerprint density at radius 2 is 2.17 bits per heavy atom. The van der Waals surface area contributed by atoms with E-state index in [4.69, 9.17) is 9.47 Å².